The monoisotopic (exact) mass is 287 g/mol. The Kier molecular flexibility index (Phi) is 3.94. The minimum absolute atomic E-state index is 0.182. The fourth-order valence-electron chi connectivity index (χ4n) is 2.84. The van der Waals surface area contributed by atoms with Crippen LogP contribution < -0.4 is 4.74 Å². The van der Waals surface area contributed by atoms with Crippen LogP contribution in [0.1, 0.15) is 19.0 Å². The third-order valence-corrected chi connectivity index (χ3v) is 3.92. The van der Waals surface area contributed by atoms with Crippen molar-refractivity contribution in [1.82, 2.24) is 14.9 Å². The third-order valence-electron chi connectivity index (χ3n) is 3.92. The Balaban J connectivity index is 1.62. The molecule has 112 valence electrons. The van der Waals surface area contributed by atoms with Crippen LogP contribution in [-0.4, -0.2) is 44.8 Å². The maximum Gasteiger partial charge on any atom is 0.129 e. The number of benzene rings is 1. The number of hydrogen-bond acceptors (Lipinski definition) is 4. The second-order valence-electron chi connectivity index (χ2n) is 5.85. The molecule has 0 saturated carbocycles. The van der Waals surface area contributed by atoms with Gasteiger partial charge in [0.05, 0.1) is 6.33 Å². The molecule has 1 aliphatic rings. The van der Waals surface area contributed by atoms with E-state index in [9.17, 15) is 5.11 Å². The number of para-hydroxylation sites is 1. The van der Waals surface area contributed by atoms with E-state index in [0.717, 1.165) is 31.0 Å². The lowest BCUT2D eigenvalue weighted by atomic mass is 9.91. The van der Waals surface area contributed by atoms with Gasteiger partial charge in [-0.1, -0.05) is 18.2 Å². The molecule has 1 saturated heterocycles. The van der Waals surface area contributed by atoms with E-state index in [1.165, 1.54) is 0 Å². The number of aromatic nitrogens is 2. The topological polar surface area (TPSA) is 61.4 Å². The van der Waals surface area contributed by atoms with Gasteiger partial charge in [-0.3, -0.25) is 4.90 Å². The molecule has 1 aromatic heterocycles. The Morgan fingerprint density at radius 1 is 1.43 bits per heavy atom. The fraction of sp³-hybridized carbons (Fsp3) is 0.438. The summed E-state index contributed by atoms with van der Waals surface area (Å²) in [6.45, 7) is 4.10. The summed E-state index contributed by atoms with van der Waals surface area (Å²) in [5.74, 6) is 0.810. The lowest BCUT2D eigenvalue weighted by molar-refractivity contribution is -0.0994. The molecule has 5 nitrogen and oxygen atoms in total. The standard InChI is InChI=1S/C16H21N3O2/c1-16(20)11-19(10-13-9-17-12-18-13)8-7-15(16)21-14-5-3-2-4-6-14/h2-6,9,12,15,20H,7-8,10-11H2,1H3,(H,17,18)/t15-,16-/m0/s1. The predicted molar refractivity (Wildman–Crippen MR) is 80.0 cm³/mol. The van der Waals surface area contributed by atoms with E-state index in [1.54, 1.807) is 6.33 Å². The maximum atomic E-state index is 10.7. The van der Waals surface area contributed by atoms with Crippen molar-refractivity contribution < 1.29 is 9.84 Å². The molecule has 0 bridgehead atoms. The van der Waals surface area contributed by atoms with Crippen molar-refractivity contribution in [3.8, 4) is 5.75 Å². The summed E-state index contributed by atoms with van der Waals surface area (Å²) < 4.78 is 5.96. The predicted octanol–water partition coefficient (Wildman–Crippen LogP) is 1.81. The molecular weight excluding hydrogens is 266 g/mol. The molecule has 0 amide bonds. The number of β-amino-alcohol motifs (C(OH)–C–C–N with tert-alkyl or cyclic N) is 1. The van der Waals surface area contributed by atoms with Crippen LogP contribution >= 0.6 is 0 Å². The van der Waals surface area contributed by atoms with E-state index < -0.39 is 5.60 Å². The molecule has 2 N–H and O–H groups in total. The smallest absolute Gasteiger partial charge is 0.129 e. The number of likely N-dealkylation sites (tertiary alicyclic amines) is 1. The van der Waals surface area contributed by atoms with Crippen LogP contribution in [0.3, 0.4) is 0 Å². The molecule has 21 heavy (non-hydrogen) atoms. The molecule has 1 fully saturated rings. The van der Waals surface area contributed by atoms with Crippen molar-refractivity contribution in [1.29, 1.82) is 0 Å². The van der Waals surface area contributed by atoms with Crippen LogP contribution in [0.15, 0.2) is 42.9 Å². The minimum Gasteiger partial charge on any atom is -0.487 e. The van der Waals surface area contributed by atoms with Crippen molar-refractivity contribution in [2.75, 3.05) is 13.1 Å². The maximum absolute atomic E-state index is 10.7. The zero-order valence-corrected chi connectivity index (χ0v) is 12.2. The first-order chi connectivity index (χ1) is 10.1. The summed E-state index contributed by atoms with van der Waals surface area (Å²) in [5.41, 5.74) is 0.196. The molecule has 3 rings (SSSR count). The van der Waals surface area contributed by atoms with Gasteiger partial charge in [-0.05, 0) is 25.5 Å². The van der Waals surface area contributed by atoms with Crippen LogP contribution in [-0.2, 0) is 6.54 Å². The molecule has 0 unspecified atom stereocenters. The van der Waals surface area contributed by atoms with Gasteiger partial charge < -0.3 is 14.8 Å². The number of H-pyrrole nitrogens is 1. The van der Waals surface area contributed by atoms with Gasteiger partial charge in [-0.2, -0.15) is 0 Å². The highest BCUT2D eigenvalue weighted by molar-refractivity contribution is 5.22. The van der Waals surface area contributed by atoms with Crippen molar-refractivity contribution in [3.63, 3.8) is 0 Å². The molecule has 2 aromatic rings. The van der Waals surface area contributed by atoms with E-state index in [4.69, 9.17) is 4.74 Å². The first-order valence-electron chi connectivity index (χ1n) is 7.27. The zero-order chi connectivity index (χ0) is 14.7. The molecule has 2 heterocycles. The first-order valence-corrected chi connectivity index (χ1v) is 7.27. The molecular formula is C16H21N3O2. The molecule has 0 spiro atoms. The highest BCUT2D eigenvalue weighted by Gasteiger charge is 2.39. The number of rotatable bonds is 4. The number of nitrogens with one attached hydrogen (secondary N) is 1. The number of hydrogen-bond donors (Lipinski definition) is 2. The van der Waals surface area contributed by atoms with Crippen LogP contribution in [0.4, 0.5) is 0 Å². The lowest BCUT2D eigenvalue weighted by Gasteiger charge is -2.42. The molecule has 0 radical (unpaired) electrons. The first kappa shape index (κ1) is 14.1. The Labute approximate surface area is 124 Å². The SMILES string of the molecule is C[C@]1(O)CN(Cc2cnc[nH]2)CC[C@@H]1Oc1ccccc1. The summed E-state index contributed by atoms with van der Waals surface area (Å²) in [4.78, 5) is 9.34. The minimum atomic E-state index is -0.867. The van der Waals surface area contributed by atoms with Gasteiger partial charge in [0.2, 0.25) is 0 Å². The molecule has 1 aromatic carbocycles. The van der Waals surface area contributed by atoms with Gasteiger partial charge >= 0.3 is 0 Å². The Morgan fingerprint density at radius 2 is 2.24 bits per heavy atom. The summed E-state index contributed by atoms with van der Waals surface area (Å²) in [7, 11) is 0. The Morgan fingerprint density at radius 3 is 2.90 bits per heavy atom. The van der Waals surface area contributed by atoms with E-state index >= 15 is 0 Å². The molecule has 5 heteroatoms. The average molecular weight is 287 g/mol. The number of piperidine rings is 1. The second-order valence-corrected chi connectivity index (χ2v) is 5.85. The van der Waals surface area contributed by atoms with Gasteiger partial charge in [0.25, 0.3) is 0 Å². The van der Waals surface area contributed by atoms with Crippen LogP contribution in [0.5, 0.6) is 5.75 Å². The summed E-state index contributed by atoms with van der Waals surface area (Å²) in [6.07, 6.45) is 4.12. The van der Waals surface area contributed by atoms with E-state index in [1.807, 2.05) is 43.5 Å². The van der Waals surface area contributed by atoms with E-state index in [-0.39, 0.29) is 6.10 Å². The van der Waals surface area contributed by atoms with Gasteiger partial charge in [-0.25, -0.2) is 4.98 Å². The van der Waals surface area contributed by atoms with Crippen LogP contribution in [0.25, 0.3) is 0 Å². The van der Waals surface area contributed by atoms with Crippen molar-refractivity contribution in [2.45, 2.75) is 31.6 Å². The quantitative estimate of drug-likeness (QED) is 0.900. The number of aliphatic hydroxyl groups is 1. The van der Waals surface area contributed by atoms with Crippen LogP contribution in [0, 0.1) is 0 Å². The number of nitrogens with zero attached hydrogens (tertiary/aromatic N) is 2. The average Bonchev–Trinajstić information content (AvgIpc) is 2.95. The van der Waals surface area contributed by atoms with Crippen molar-refractivity contribution >= 4 is 0 Å². The zero-order valence-electron chi connectivity index (χ0n) is 12.2. The van der Waals surface area contributed by atoms with Crippen molar-refractivity contribution in [2.24, 2.45) is 0 Å². The Hall–Kier alpha value is -1.85. The summed E-state index contributed by atoms with van der Waals surface area (Å²) >= 11 is 0. The molecule has 0 aliphatic carbocycles. The van der Waals surface area contributed by atoms with Gasteiger partial charge in [0, 0.05) is 31.5 Å². The highest BCUT2D eigenvalue weighted by atomic mass is 16.5. The van der Waals surface area contributed by atoms with Gasteiger partial charge in [-0.15, -0.1) is 0 Å². The van der Waals surface area contributed by atoms with Crippen molar-refractivity contribution in [3.05, 3.63) is 48.5 Å². The number of aromatic amines is 1. The lowest BCUT2D eigenvalue weighted by Crippen LogP contribution is -2.56. The fourth-order valence-corrected chi connectivity index (χ4v) is 2.84. The summed E-state index contributed by atoms with van der Waals surface area (Å²) in [5, 5.41) is 10.7. The van der Waals surface area contributed by atoms with Gasteiger partial charge in [0.15, 0.2) is 0 Å². The number of ether oxygens (including phenoxy) is 1. The van der Waals surface area contributed by atoms with Crippen LogP contribution in [0.2, 0.25) is 0 Å². The van der Waals surface area contributed by atoms with Gasteiger partial charge in [0.1, 0.15) is 17.5 Å². The van der Waals surface area contributed by atoms with E-state index in [0.29, 0.717) is 6.54 Å². The normalized spacial score (nSPS) is 26.7. The summed E-state index contributed by atoms with van der Waals surface area (Å²) in [6, 6.07) is 9.69. The second kappa shape index (κ2) is 5.87. The van der Waals surface area contributed by atoms with E-state index in [2.05, 4.69) is 14.9 Å². The highest BCUT2D eigenvalue weighted by Crippen LogP contribution is 2.26. The third kappa shape index (κ3) is 3.43. The molecule has 1 aliphatic heterocycles. The Bertz CT molecular complexity index is 554. The largest absolute Gasteiger partial charge is 0.487 e. The number of imidazole rings is 1. The molecule has 2 atom stereocenters.